The molecule has 0 amide bonds. The van der Waals surface area contributed by atoms with Crippen molar-refractivity contribution in [3.8, 4) is 0 Å². The minimum absolute atomic E-state index is 0.438. The number of aromatic nitrogens is 1. The lowest BCUT2D eigenvalue weighted by Crippen LogP contribution is -2.33. The summed E-state index contributed by atoms with van der Waals surface area (Å²) in [5.41, 5.74) is 1.12. The molecule has 2 heterocycles. The standard InChI is InChI=1S/C13H20N2O/c1-2-4-13-9-11(6-8-16-13)15-12-5-3-7-14-10-12/h3,5,7,10-11,13,15H,2,4,6,8-9H2,1H3. The molecule has 1 aliphatic rings. The van der Waals surface area contributed by atoms with Crippen LogP contribution in [0.4, 0.5) is 5.69 Å². The lowest BCUT2D eigenvalue weighted by atomic mass is 10.00. The molecule has 1 saturated heterocycles. The van der Waals surface area contributed by atoms with Gasteiger partial charge < -0.3 is 10.1 Å². The number of nitrogens with zero attached hydrogens (tertiary/aromatic N) is 1. The van der Waals surface area contributed by atoms with Crippen molar-refractivity contribution in [2.75, 3.05) is 11.9 Å². The van der Waals surface area contributed by atoms with E-state index in [9.17, 15) is 0 Å². The van der Waals surface area contributed by atoms with Gasteiger partial charge in [-0.1, -0.05) is 13.3 Å². The van der Waals surface area contributed by atoms with Gasteiger partial charge >= 0.3 is 0 Å². The van der Waals surface area contributed by atoms with Crippen molar-refractivity contribution < 1.29 is 4.74 Å². The fraction of sp³-hybridized carbons (Fsp3) is 0.615. The van der Waals surface area contributed by atoms with E-state index in [0.717, 1.165) is 25.1 Å². The number of nitrogens with one attached hydrogen (secondary N) is 1. The number of ether oxygens (including phenoxy) is 1. The lowest BCUT2D eigenvalue weighted by molar-refractivity contribution is 0.00597. The molecule has 1 aliphatic heterocycles. The van der Waals surface area contributed by atoms with Crippen molar-refractivity contribution in [1.29, 1.82) is 0 Å². The molecule has 2 atom stereocenters. The number of hydrogen-bond acceptors (Lipinski definition) is 3. The van der Waals surface area contributed by atoms with Crippen LogP contribution in [0, 0.1) is 0 Å². The Bertz CT molecular complexity index is 300. The topological polar surface area (TPSA) is 34.2 Å². The predicted molar refractivity (Wildman–Crippen MR) is 65.5 cm³/mol. The van der Waals surface area contributed by atoms with Gasteiger partial charge in [-0.15, -0.1) is 0 Å². The van der Waals surface area contributed by atoms with E-state index in [1.54, 1.807) is 6.20 Å². The number of rotatable bonds is 4. The third kappa shape index (κ3) is 3.20. The van der Waals surface area contributed by atoms with Crippen LogP contribution in [0.2, 0.25) is 0 Å². The molecule has 2 unspecified atom stereocenters. The van der Waals surface area contributed by atoms with E-state index >= 15 is 0 Å². The molecular formula is C13H20N2O. The van der Waals surface area contributed by atoms with Gasteiger partial charge in [0.15, 0.2) is 0 Å². The molecule has 0 bridgehead atoms. The monoisotopic (exact) mass is 220 g/mol. The second-order valence-corrected chi connectivity index (χ2v) is 4.39. The Hall–Kier alpha value is -1.09. The zero-order valence-electron chi connectivity index (χ0n) is 9.86. The van der Waals surface area contributed by atoms with Gasteiger partial charge in [0.25, 0.3) is 0 Å². The Morgan fingerprint density at radius 2 is 2.50 bits per heavy atom. The smallest absolute Gasteiger partial charge is 0.0594 e. The molecule has 16 heavy (non-hydrogen) atoms. The number of hydrogen-bond donors (Lipinski definition) is 1. The summed E-state index contributed by atoms with van der Waals surface area (Å²) in [6.45, 7) is 3.09. The second-order valence-electron chi connectivity index (χ2n) is 4.39. The molecule has 3 nitrogen and oxygen atoms in total. The minimum atomic E-state index is 0.438. The average molecular weight is 220 g/mol. The maximum atomic E-state index is 5.73. The molecule has 0 aromatic carbocycles. The molecule has 0 saturated carbocycles. The molecule has 1 N–H and O–H groups in total. The largest absolute Gasteiger partial charge is 0.381 e. The Balaban J connectivity index is 1.85. The quantitative estimate of drug-likeness (QED) is 0.847. The van der Waals surface area contributed by atoms with Crippen LogP contribution in [-0.4, -0.2) is 23.7 Å². The Kier molecular flexibility index (Phi) is 4.17. The Morgan fingerprint density at radius 1 is 1.56 bits per heavy atom. The summed E-state index contributed by atoms with van der Waals surface area (Å²) in [6.07, 6.45) is 8.69. The van der Waals surface area contributed by atoms with E-state index in [-0.39, 0.29) is 0 Å². The van der Waals surface area contributed by atoms with Gasteiger partial charge in [-0.05, 0) is 31.4 Å². The highest BCUT2D eigenvalue weighted by Crippen LogP contribution is 2.20. The molecule has 1 fully saturated rings. The van der Waals surface area contributed by atoms with Crippen LogP contribution >= 0.6 is 0 Å². The van der Waals surface area contributed by atoms with Crippen LogP contribution < -0.4 is 5.32 Å². The lowest BCUT2D eigenvalue weighted by Gasteiger charge is -2.30. The minimum Gasteiger partial charge on any atom is -0.381 e. The van der Waals surface area contributed by atoms with Gasteiger partial charge in [0.1, 0.15) is 0 Å². The molecule has 3 heteroatoms. The van der Waals surface area contributed by atoms with Gasteiger partial charge in [-0.3, -0.25) is 4.98 Å². The molecule has 0 spiro atoms. The zero-order chi connectivity index (χ0) is 11.2. The third-order valence-corrected chi connectivity index (χ3v) is 3.01. The van der Waals surface area contributed by atoms with Crippen LogP contribution in [0.25, 0.3) is 0 Å². The Labute approximate surface area is 97.2 Å². The maximum Gasteiger partial charge on any atom is 0.0594 e. The molecular weight excluding hydrogens is 200 g/mol. The van der Waals surface area contributed by atoms with E-state index in [1.165, 1.54) is 12.8 Å². The number of pyridine rings is 1. The number of anilines is 1. The SMILES string of the molecule is CCCC1CC(Nc2cccnc2)CCO1. The van der Waals surface area contributed by atoms with Crippen LogP contribution in [0.1, 0.15) is 32.6 Å². The van der Waals surface area contributed by atoms with Gasteiger partial charge in [-0.25, -0.2) is 0 Å². The Morgan fingerprint density at radius 3 is 3.25 bits per heavy atom. The molecule has 0 radical (unpaired) electrons. The fourth-order valence-corrected chi connectivity index (χ4v) is 2.22. The summed E-state index contributed by atoms with van der Waals surface area (Å²) < 4.78 is 5.73. The van der Waals surface area contributed by atoms with E-state index < -0.39 is 0 Å². The van der Waals surface area contributed by atoms with Crippen LogP contribution in [-0.2, 0) is 4.74 Å². The highest BCUT2D eigenvalue weighted by molar-refractivity contribution is 5.40. The highest BCUT2D eigenvalue weighted by atomic mass is 16.5. The van der Waals surface area contributed by atoms with Crippen LogP contribution in [0.5, 0.6) is 0 Å². The fourth-order valence-electron chi connectivity index (χ4n) is 2.22. The van der Waals surface area contributed by atoms with Crippen molar-refractivity contribution in [3.63, 3.8) is 0 Å². The second kappa shape index (κ2) is 5.85. The average Bonchev–Trinajstić information content (AvgIpc) is 2.31. The summed E-state index contributed by atoms with van der Waals surface area (Å²) >= 11 is 0. The maximum absolute atomic E-state index is 5.73. The first-order valence-electron chi connectivity index (χ1n) is 6.16. The first-order valence-corrected chi connectivity index (χ1v) is 6.16. The summed E-state index contributed by atoms with van der Waals surface area (Å²) in [5, 5.41) is 3.53. The summed E-state index contributed by atoms with van der Waals surface area (Å²) in [6, 6.07) is 4.57. The first-order chi connectivity index (χ1) is 7.88. The first kappa shape index (κ1) is 11.4. The van der Waals surface area contributed by atoms with E-state index in [1.807, 2.05) is 12.3 Å². The van der Waals surface area contributed by atoms with Crippen molar-refractivity contribution in [1.82, 2.24) is 4.98 Å². The zero-order valence-corrected chi connectivity index (χ0v) is 9.86. The van der Waals surface area contributed by atoms with Crippen molar-refractivity contribution in [2.24, 2.45) is 0 Å². The van der Waals surface area contributed by atoms with E-state index in [4.69, 9.17) is 4.74 Å². The van der Waals surface area contributed by atoms with Crippen molar-refractivity contribution in [2.45, 2.75) is 44.8 Å². The summed E-state index contributed by atoms with van der Waals surface area (Å²) in [4.78, 5) is 4.11. The third-order valence-electron chi connectivity index (χ3n) is 3.01. The highest BCUT2D eigenvalue weighted by Gasteiger charge is 2.21. The predicted octanol–water partition coefficient (Wildman–Crippen LogP) is 2.84. The normalized spacial score (nSPS) is 25.3. The van der Waals surface area contributed by atoms with Gasteiger partial charge in [0.2, 0.25) is 0 Å². The van der Waals surface area contributed by atoms with Crippen LogP contribution in [0.3, 0.4) is 0 Å². The van der Waals surface area contributed by atoms with E-state index in [0.29, 0.717) is 12.1 Å². The van der Waals surface area contributed by atoms with E-state index in [2.05, 4.69) is 23.3 Å². The molecule has 2 rings (SSSR count). The molecule has 1 aromatic heterocycles. The van der Waals surface area contributed by atoms with Gasteiger partial charge in [0.05, 0.1) is 11.8 Å². The van der Waals surface area contributed by atoms with Crippen LogP contribution in [0.15, 0.2) is 24.5 Å². The van der Waals surface area contributed by atoms with Gasteiger partial charge in [0, 0.05) is 25.0 Å². The summed E-state index contributed by atoms with van der Waals surface area (Å²) in [5.74, 6) is 0. The van der Waals surface area contributed by atoms with Crippen molar-refractivity contribution in [3.05, 3.63) is 24.5 Å². The molecule has 88 valence electrons. The summed E-state index contributed by atoms with van der Waals surface area (Å²) in [7, 11) is 0. The van der Waals surface area contributed by atoms with Gasteiger partial charge in [-0.2, -0.15) is 0 Å². The molecule has 1 aromatic rings. The molecule has 0 aliphatic carbocycles. The van der Waals surface area contributed by atoms with Crippen molar-refractivity contribution >= 4 is 5.69 Å².